The number of imidazole rings is 1. The number of hydrogen-bond acceptors (Lipinski definition) is 3. The standard InChI is InChI=1S/C22H23N3S/c1-22(2,3)17-11-9-16(10-12-17)20-18(13-23)25-14-19(26-21(25)24-20)15-7-5-4-6-8-15/h4-12,14H,13,23H2,1-3H3. The van der Waals surface area contributed by atoms with E-state index in [9.17, 15) is 0 Å². The lowest BCUT2D eigenvalue weighted by Gasteiger charge is -2.19. The molecule has 0 aliphatic heterocycles. The summed E-state index contributed by atoms with van der Waals surface area (Å²) in [7, 11) is 0. The van der Waals surface area contributed by atoms with Crippen molar-refractivity contribution in [1.29, 1.82) is 0 Å². The number of fused-ring (bicyclic) bond motifs is 1. The van der Waals surface area contributed by atoms with Crippen molar-refractivity contribution in [2.24, 2.45) is 5.73 Å². The number of hydrogen-bond donors (Lipinski definition) is 1. The van der Waals surface area contributed by atoms with E-state index >= 15 is 0 Å². The molecule has 0 spiro atoms. The molecule has 0 saturated heterocycles. The fourth-order valence-electron chi connectivity index (χ4n) is 3.18. The summed E-state index contributed by atoms with van der Waals surface area (Å²) in [5.74, 6) is 0. The van der Waals surface area contributed by atoms with Gasteiger partial charge in [-0.25, -0.2) is 4.98 Å². The molecule has 3 nitrogen and oxygen atoms in total. The second-order valence-electron chi connectivity index (χ2n) is 7.55. The fraction of sp³-hybridized carbons (Fsp3) is 0.227. The van der Waals surface area contributed by atoms with Gasteiger partial charge in [0.25, 0.3) is 0 Å². The Bertz CT molecular complexity index is 1030. The van der Waals surface area contributed by atoms with Gasteiger partial charge in [0, 0.05) is 18.3 Å². The largest absolute Gasteiger partial charge is 0.325 e. The molecular formula is C22H23N3S. The van der Waals surface area contributed by atoms with Crippen molar-refractivity contribution in [2.45, 2.75) is 32.7 Å². The molecule has 26 heavy (non-hydrogen) atoms. The first-order chi connectivity index (χ1) is 12.5. The third kappa shape index (κ3) is 2.96. The van der Waals surface area contributed by atoms with Gasteiger partial charge in [-0.1, -0.05) is 86.7 Å². The van der Waals surface area contributed by atoms with E-state index in [1.54, 1.807) is 11.3 Å². The lowest BCUT2D eigenvalue weighted by molar-refractivity contribution is 0.590. The summed E-state index contributed by atoms with van der Waals surface area (Å²) in [6.07, 6.45) is 2.15. The van der Waals surface area contributed by atoms with E-state index in [1.165, 1.54) is 16.0 Å². The maximum Gasteiger partial charge on any atom is 0.195 e. The van der Waals surface area contributed by atoms with E-state index in [2.05, 4.69) is 79.9 Å². The quantitative estimate of drug-likeness (QED) is 0.524. The average Bonchev–Trinajstić information content (AvgIpc) is 3.19. The van der Waals surface area contributed by atoms with E-state index < -0.39 is 0 Å². The van der Waals surface area contributed by atoms with E-state index in [-0.39, 0.29) is 5.41 Å². The molecule has 0 atom stereocenters. The van der Waals surface area contributed by atoms with Crippen LogP contribution in [0.25, 0.3) is 26.7 Å². The number of nitrogens with two attached hydrogens (primary N) is 1. The molecule has 4 heteroatoms. The summed E-state index contributed by atoms with van der Waals surface area (Å²) in [6.45, 7) is 7.14. The Labute approximate surface area is 158 Å². The third-order valence-corrected chi connectivity index (χ3v) is 5.73. The summed E-state index contributed by atoms with van der Waals surface area (Å²) in [4.78, 5) is 7.08. The highest BCUT2D eigenvalue weighted by Crippen LogP contribution is 2.33. The monoisotopic (exact) mass is 361 g/mol. The van der Waals surface area contributed by atoms with Crippen LogP contribution in [0.2, 0.25) is 0 Å². The van der Waals surface area contributed by atoms with Crippen LogP contribution < -0.4 is 5.73 Å². The molecule has 2 N–H and O–H groups in total. The van der Waals surface area contributed by atoms with E-state index in [4.69, 9.17) is 10.7 Å². The van der Waals surface area contributed by atoms with Crippen LogP contribution in [0.15, 0.2) is 60.8 Å². The molecule has 132 valence electrons. The van der Waals surface area contributed by atoms with E-state index in [0.717, 1.165) is 21.9 Å². The van der Waals surface area contributed by atoms with Crippen LogP contribution in [0.5, 0.6) is 0 Å². The number of thiazole rings is 1. The molecular weight excluding hydrogens is 338 g/mol. The SMILES string of the molecule is CC(C)(C)c1ccc(-c2nc3sc(-c4ccccc4)cn3c2CN)cc1. The van der Waals surface area contributed by atoms with Gasteiger partial charge in [0.15, 0.2) is 4.96 Å². The highest BCUT2D eigenvalue weighted by molar-refractivity contribution is 7.20. The van der Waals surface area contributed by atoms with Crippen molar-refractivity contribution >= 4 is 16.3 Å². The lowest BCUT2D eigenvalue weighted by atomic mass is 9.86. The Hall–Kier alpha value is -2.43. The van der Waals surface area contributed by atoms with Crippen molar-refractivity contribution in [2.75, 3.05) is 0 Å². The molecule has 0 fully saturated rings. The zero-order valence-corrected chi connectivity index (χ0v) is 16.2. The summed E-state index contributed by atoms with van der Waals surface area (Å²) >= 11 is 1.70. The molecule has 2 heterocycles. The van der Waals surface area contributed by atoms with Crippen LogP contribution >= 0.6 is 11.3 Å². The minimum atomic E-state index is 0.147. The van der Waals surface area contributed by atoms with Gasteiger partial charge < -0.3 is 5.73 Å². The molecule has 0 bridgehead atoms. The molecule has 0 saturated carbocycles. The van der Waals surface area contributed by atoms with Gasteiger partial charge in [-0.3, -0.25) is 4.40 Å². The molecule has 0 amide bonds. The molecule has 2 aromatic heterocycles. The summed E-state index contributed by atoms with van der Waals surface area (Å²) in [6, 6.07) is 19.1. The van der Waals surface area contributed by atoms with Crippen LogP contribution in [-0.2, 0) is 12.0 Å². The Balaban J connectivity index is 1.78. The second kappa shape index (κ2) is 6.38. The first kappa shape index (κ1) is 17.0. The van der Waals surface area contributed by atoms with Crippen molar-refractivity contribution in [3.8, 4) is 21.7 Å². The topological polar surface area (TPSA) is 43.3 Å². The van der Waals surface area contributed by atoms with Gasteiger partial charge in [-0.05, 0) is 16.5 Å². The van der Waals surface area contributed by atoms with E-state index in [0.29, 0.717) is 6.54 Å². The van der Waals surface area contributed by atoms with Crippen LogP contribution in [-0.4, -0.2) is 9.38 Å². The van der Waals surface area contributed by atoms with Crippen LogP contribution in [0.3, 0.4) is 0 Å². The summed E-state index contributed by atoms with van der Waals surface area (Å²) in [5, 5.41) is 0. The Morgan fingerprint density at radius 3 is 2.27 bits per heavy atom. The first-order valence-electron chi connectivity index (χ1n) is 8.84. The summed E-state index contributed by atoms with van der Waals surface area (Å²) < 4.78 is 2.14. The second-order valence-corrected chi connectivity index (χ2v) is 8.56. The van der Waals surface area contributed by atoms with Gasteiger partial charge >= 0.3 is 0 Å². The van der Waals surface area contributed by atoms with Gasteiger partial charge in [0.2, 0.25) is 0 Å². The van der Waals surface area contributed by atoms with Crippen LogP contribution in [0.1, 0.15) is 32.0 Å². The predicted octanol–water partition coefficient (Wildman–Crippen LogP) is 5.49. The number of rotatable bonds is 3. The predicted molar refractivity (Wildman–Crippen MR) is 111 cm³/mol. The van der Waals surface area contributed by atoms with Crippen molar-refractivity contribution in [1.82, 2.24) is 9.38 Å². The van der Waals surface area contributed by atoms with Crippen molar-refractivity contribution in [3.05, 3.63) is 72.1 Å². The van der Waals surface area contributed by atoms with Crippen molar-refractivity contribution < 1.29 is 0 Å². The fourth-order valence-corrected chi connectivity index (χ4v) is 4.19. The summed E-state index contributed by atoms with van der Waals surface area (Å²) in [5.41, 5.74) is 11.9. The Kier molecular flexibility index (Phi) is 4.17. The van der Waals surface area contributed by atoms with Crippen LogP contribution in [0.4, 0.5) is 0 Å². The number of nitrogens with zero attached hydrogens (tertiary/aromatic N) is 2. The molecule has 2 aromatic carbocycles. The molecule has 0 aliphatic rings. The molecule has 0 radical (unpaired) electrons. The average molecular weight is 362 g/mol. The zero-order valence-electron chi connectivity index (χ0n) is 15.4. The van der Waals surface area contributed by atoms with Gasteiger partial charge in [0.05, 0.1) is 16.3 Å². The molecule has 4 rings (SSSR count). The lowest BCUT2D eigenvalue weighted by Crippen LogP contribution is -2.10. The van der Waals surface area contributed by atoms with Crippen LogP contribution in [0, 0.1) is 0 Å². The third-order valence-electron chi connectivity index (χ3n) is 4.70. The number of aromatic nitrogens is 2. The maximum absolute atomic E-state index is 6.09. The molecule has 0 unspecified atom stereocenters. The highest BCUT2D eigenvalue weighted by Gasteiger charge is 2.18. The van der Waals surface area contributed by atoms with Gasteiger partial charge in [0.1, 0.15) is 0 Å². The Morgan fingerprint density at radius 1 is 0.962 bits per heavy atom. The normalized spacial score (nSPS) is 12.0. The maximum atomic E-state index is 6.09. The Morgan fingerprint density at radius 2 is 1.65 bits per heavy atom. The van der Waals surface area contributed by atoms with E-state index in [1.807, 2.05) is 6.07 Å². The van der Waals surface area contributed by atoms with Gasteiger partial charge in [-0.15, -0.1) is 0 Å². The number of benzene rings is 2. The first-order valence-corrected chi connectivity index (χ1v) is 9.66. The molecule has 4 aromatic rings. The smallest absolute Gasteiger partial charge is 0.195 e. The van der Waals surface area contributed by atoms with Crippen molar-refractivity contribution in [3.63, 3.8) is 0 Å². The minimum absolute atomic E-state index is 0.147. The highest BCUT2D eigenvalue weighted by atomic mass is 32.1. The minimum Gasteiger partial charge on any atom is -0.325 e. The zero-order chi connectivity index (χ0) is 18.3. The van der Waals surface area contributed by atoms with Gasteiger partial charge in [-0.2, -0.15) is 0 Å². The molecule has 0 aliphatic carbocycles.